The van der Waals surface area contributed by atoms with Crippen molar-refractivity contribution in [1.82, 2.24) is 15.1 Å². The summed E-state index contributed by atoms with van der Waals surface area (Å²) in [6.45, 7) is 1.04. The molecule has 5 nitrogen and oxygen atoms in total. The van der Waals surface area contributed by atoms with E-state index in [2.05, 4.69) is 10.2 Å². The fraction of sp³-hybridized carbons (Fsp3) is 0.364. The molecule has 3 aromatic rings. The van der Waals surface area contributed by atoms with Crippen molar-refractivity contribution in [3.8, 4) is 5.75 Å². The fourth-order valence-electron chi connectivity index (χ4n) is 4.60. The number of phenols is 1. The third kappa shape index (κ3) is 3.04. The van der Waals surface area contributed by atoms with Gasteiger partial charge in [0.05, 0.1) is 16.8 Å². The summed E-state index contributed by atoms with van der Waals surface area (Å²) in [5, 5.41) is 19.6. The Kier molecular flexibility index (Phi) is 4.27. The van der Waals surface area contributed by atoms with Crippen LogP contribution in [0.15, 0.2) is 30.3 Å². The Bertz CT molecular complexity index is 1070. The standard InChI is InChI=1S/C22H22ClN3O2/c23-16-6-5-14-11-26(12-15(14)8-16)22(28)18-9-17-19(7-13-3-1-2-4-13)24-25-20(17)10-21(18)27/h5-6,8-10,13,27H,1-4,7,11-12H2,(H,24,25). The van der Waals surface area contributed by atoms with Gasteiger partial charge in [-0.25, -0.2) is 0 Å². The number of hydrogen-bond acceptors (Lipinski definition) is 3. The molecule has 0 saturated heterocycles. The highest BCUT2D eigenvalue weighted by Crippen LogP contribution is 2.33. The number of carbonyl (C=O) groups is 1. The number of benzene rings is 2. The second-order valence-electron chi connectivity index (χ2n) is 8.01. The van der Waals surface area contributed by atoms with E-state index in [0.717, 1.165) is 34.1 Å². The second kappa shape index (κ2) is 6.82. The van der Waals surface area contributed by atoms with Crippen LogP contribution in [0, 0.1) is 5.92 Å². The van der Waals surface area contributed by atoms with Crippen LogP contribution in [0.1, 0.15) is 52.9 Å². The number of hydrogen-bond donors (Lipinski definition) is 2. The Hall–Kier alpha value is -2.53. The summed E-state index contributed by atoms with van der Waals surface area (Å²) in [5.74, 6) is 0.486. The van der Waals surface area contributed by atoms with Crippen molar-refractivity contribution in [2.24, 2.45) is 5.92 Å². The van der Waals surface area contributed by atoms with E-state index in [1.54, 1.807) is 17.0 Å². The minimum Gasteiger partial charge on any atom is -0.507 e. The number of aromatic nitrogens is 2. The van der Waals surface area contributed by atoms with Crippen LogP contribution in [0.5, 0.6) is 5.75 Å². The van der Waals surface area contributed by atoms with Crippen molar-refractivity contribution in [3.63, 3.8) is 0 Å². The molecule has 5 rings (SSSR count). The zero-order valence-corrected chi connectivity index (χ0v) is 16.3. The van der Waals surface area contributed by atoms with Gasteiger partial charge >= 0.3 is 0 Å². The summed E-state index contributed by atoms with van der Waals surface area (Å²) in [5.41, 5.74) is 4.27. The number of halogens is 1. The number of amides is 1. The molecule has 1 aromatic heterocycles. The van der Waals surface area contributed by atoms with Crippen molar-refractivity contribution in [2.75, 3.05) is 0 Å². The van der Waals surface area contributed by atoms with Crippen LogP contribution in [0.25, 0.3) is 10.9 Å². The molecular formula is C22H22ClN3O2. The maximum Gasteiger partial charge on any atom is 0.258 e. The van der Waals surface area contributed by atoms with Crippen LogP contribution >= 0.6 is 11.6 Å². The third-order valence-corrected chi connectivity index (χ3v) is 6.36. The molecule has 144 valence electrons. The lowest BCUT2D eigenvalue weighted by Gasteiger charge is -2.16. The zero-order valence-electron chi connectivity index (χ0n) is 15.5. The molecule has 0 atom stereocenters. The van der Waals surface area contributed by atoms with Gasteiger partial charge in [0.25, 0.3) is 5.91 Å². The van der Waals surface area contributed by atoms with Crippen LogP contribution in [-0.2, 0) is 19.5 Å². The lowest BCUT2D eigenvalue weighted by Crippen LogP contribution is -2.25. The topological polar surface area (TPSA) is 69.2 Å². The summed E-state index contributed by atoms with van der Waals surface area (Å²) >= 11 is 6.08. The van der Waals surface area contributed by atoms with Gasteiger partial charge in [0.15, 0.2) is 0 Å². The minimum atomic E-state index is -0.167. The van der Waals surface area contributed by atoms with Gasteiger partial charge in [-0.2, -0.15) is 5.10 Å². The summed E-state index contributed by atoms with van der Waals surface area (Å²) < 4.78 is 0. The molecule has 0 bridgehead atoms. The second-order valence-corrected chi connectivity index (χ2v) is 8.45. The normalized spacial score (nSPS) is 16.8. The zero-order chi connectivity index (χ0) is 19.3. The minimum absolute atomic E-state index is 0.0115. The number of H-pyrrole nitrogens is 1. The molecule has 2 heterocycles. The molecule has 2 aromatic carbocycles. The average molecular weight is 396 g/mol. The van der Waals surface area contributed by atoms with E-state index in [0.29, 0.717) is 29.6 Å². The molecule has 0 radical (unpaired) electrons. The number of fused-ring (bicyclic) bond motifs is 2. The number of nitrogens with zero attached hydrogens (tertiary/aromatic N) is 2. The summed E-state index contributed by atoms with van der Waals surface area (Å²) in [7, 11) is 0. The smallest absolute Gasteiger partial charge is 0.258 e. The van der Waals surface area contributed by atoms with E-state index in [1.807, 2.05) is 18.2 Å². The van der Waals surface area contributed by atoms with Gasteiger partial charge < -0.3 is 10.0 Å². The molecule has 1 saturated carbocycles. The third-order valence-electron chi connectivity index (χ3n) is 6.12. The van der Waals surface area contributed by atoms with Crippen molar-refractivity contribution < 1.29 is 9.90 Å². The van der Waals surface area contributed by atoms with E-state index in [9.17, 15) is 9.90 Å². The highest BCUT2D eigenvalue weighted by Gasteiger charge is 2.27. The van der Waals surface area contributed by atoms with E-state index >= 15 is 0 Å². The highest BCUT2D eigenvalue weighted by molar-refractivity contribution is 6.30. The van der Waals surface area contributed by atoms with Crippen molar-refractivity contribution in [1.29, 1.82) is 0 Å². The molecule has 0 spiro atoms. The van der Waals surface area contributed by atoms with Gasteiger partial charge in [-0.1, -0.05) is 43.4 Å². The summed E-state index contributed by atoms with van der Waals surface area (Å²) in [6, 6.07) is 9.13. The summed E-state index contributed by atoms with van der Waals surface area (Å²) in [4.78, 5) is 14.9. The molecule has 6 heteroatoms. The predicted molar refractivity (Wildman–Crippen MR) is 108 cm³/mol. The molecule has 1 aliphatic heterocycles. The lowest BCUT2D eigenvalue weighted by molar-refractivity contribution is 0.0748. The van der Waals surface area contributed by atoms with Crippen LogP contribution in [0.2, 0.25) is 5.02 Å². The Morgan fingerprint density at radius 2 is 1.96 bits per heavy atom. The van der Waals surface area contributed by atoms with Gasteiger partial charge in [-0.15, -0.1) is 0 Å². The van der Waals surface area contributed by atoms with E-state index in [-0.39, 0.29) is 11.7 Å². The number of carbonyl (C=O) groups excluding carboxylic acids is 1. The average Bonchev–Trinajstić information content (AvgIpc) is 3.41. The highest BCUT2D eigenvalue weighted by atomic mass is 35.5. The Balaban J connectivity index is 1.45. The Morgan fingerprint density at radius 3 is 2.79 bits per heavy atom. The van der Waals surface area contributed by atoms with Gasteiger partial charge in [0.1, 0.15) is 5.75 Å². The first-order valence-corrected chi connectivity index (χ1v) is 10.2. The molecular weight excluding hydrogens is 374 g/mol. The molecule has 1 aliphatic carbocycles. The van der Waals surface area contributed by atoms with Crippen LogP contribution in [-0.4, -0.2) is 26.1 Å². The largest absolute Gasteiger partial charge is 0.507 e. The lowest BCUT2D eigenvalue weighted by atomic mass is 9.99. The molecule has 2 N–H and O–H groups in total. The Labute approximate surface area is 168 Å². The quantitative estimate of drug-likeness (QED) is 0.668. The monoisotopic (exact) mass is 395 g/mol. The number of nitrogens with one attached hydrogen (secondary N) is 1. The molecule has 2 aliphatic rings. The number of rotatable bonds is 3. The van der Waals surface area contributed by atoms with E-state index in [4.69, 9.17) is 11.6 Å². The van der Waals surface area contributed by atoms with E-state index in [1.165, 1.54) is 25.7 Å². The van der Waals surface area contributed by atoms with Crippen LogP contribution in [0.3, 0.4) is 0 Å². The SMILES string of the molecule is O=C(c1cc2c(CC3CCCC3)n[nH]c2cc1O)N1Cc2ccc(Cl)cc2C1. The van der Waals surface area contributed by atoms with Gasteiger partial charge in [-0.05, 0) is 41.7 Å². The van der Waals surface area contributed by atoms with Gasteiger partial charge in [0, 0.05) is 29.6 Å². The molecule has 1 amide bonds. The fourth-order valence-corrected chi connectivity index (χ4v) is 4.79. The molecule has 28 heavy (non-hydrogen) atoms. The number of phenolic OH excluding ortho intramolecular Hbond substituents is 1. The Morgan fingerprint density at radius 1 is 1.18 bits per heavy atom. The van der Waals surface area contributed by atoms with E-state index < -0.39 is 0 Å². The molecule has 0 unspecified atom stereocenters. The van der Waals surface area contributed by atoms with Crippen molar-refractivity contribution >= 4 is 28.4 Å². The predicted octanol–water partition coefficient (Wildman–Crippen LogP) is 4.81. The number of aromatic hydroxyl groups is 1. The van der Waals surface area contributed by atoms with Crippen LogP contribution in [0.4, 0.5) is 0 Å². The van der Waals surface area contributed by atoms with Crippen molar-refractivity contribution in [3.05, 3.63) is 57.7 Å². The first kappa shape index (κ1) is 17.6. The van der Waals surface area contributed by atoms with Crippen LogP contribution < -0.4 is 0 Å². The number of aromatic amines is 1. The molecule has 1 fully saturated rings. The maximum absolute atomic E-state index is 13.1. The van der Waals surface area contributed by atoms with Gasteiger partial charge in [-0.3, -0.25) is 9.89 Å². The first-order chi connectivity index (χ1) is 13.6. The maximum atomic E-state index is 13.1. The summed E-state index contributed by atoms with van der Waals surface area (Å²) in [6.07, 6.45) is 5.99. The van der Waals surface area contributed by atoms with Crippen molar-refractivity contribution in [2.45, 2.75) is 45.2 Å². The first-order valence-electron chi connectivity index (χ1n) is 9.85. The van der Waals surface area contributed by atoms with Gasteiger partial charge in [0.2, 0.25) is 0 Å².